The zero-order valence-electron chi connectivity index (χ0n) is 14.2. The third kappa shape index (κ3) is 3.50. The molecule has 2 aromatic heterocycles. The minimum atomic E-state index is -0.0263. The molecule has 3 aromatic rings. The number of thiazole rings is 1. The number of halogens is 1. The highest BCUT2D eigenvalue weighted by molar-refractivity contribution is 7.13. The van der Waals surface area contributed by atoms with E-state index in [9.17, 15) is 4.79 Å². The highest BCUT2D eigenvalue weighted by Gasteiger charge is 2.28. The van der Waals surface area contributed by atoms with Gasteiger partial charge in [0, 0.05) is 35.0 Å². The van der Waals surface area contributed by atoms with Crippen molar-refractivity contribution in [3.8, 4) is 10.6 Å². The van der Waals surface area contributed by atoms with E-state index in [0.717, 1.165) is 23.4 Å². The monoisotopic (exact) mass is 388 g/mol. The molecular weight excluding hydrogens is 372 g/mol. The molecule has 134 valence electrons. The summed E-state index contributed by atoms with van der Waals surface area (Å²) < 4.78 is 5.26. The summed E-state index contributed by atoms with van der Waals surface area (Å²) in [5.74, 6) is 1.52. The van der Waals surface area contributed by atoms with Crippen LogP contribution in [0, 0.1) is 6.92 Å². The van der Waals surface area contributed by atoms with Gasteiger partial charge in [-0.3, -0.25) is 4.79 Å². The Hall–Kier alpha value is -2.25. The van der Waals surface area contributed by atoms with Crippen molar-refractivity contribution in [3.05, 3.63) is 52.1 Å². The van der Waals surface area contributed by atoms with Gasteiger partial charge in [-0.25, -0.2) is 4.98 Å². The molecule has 6 nitrogen and oxygen atoms in total. The van der Waals surface area contributed by atoms with Crippen LogP contribution in [0.3, 0.4) is 0 Å². The predicted octanol–water partition coefficient (Wildman–Crippen LogP) is 4.17. The standard InChI is InChI=1S/C18H17ClN4O2S/c1-11-20-16(25-22-11)12-6-8-23(9-7-12)18(24)15-10-26-17(21-15)13-2-4-14(19)5-3-13/h2-5,10,12H,6-9H2,1H3. The van der Waals surface area contributed by atoms with E-state index >= 15 is 0 Å². The van der Waals surface area contributed by atoms with Crippen LogP contribution in [0.25, 0.3) is 10.6 Å². The summed E-state index contributed by atoms with van der Waals surface area (Å²) in [7, 11) is 0. The first kappa shape index (κ1) is 17.2. The van der Waals surface area contributed by atoms with Gasteiger partial charge in [0.05, 0.1) is 0 Å². The van der Waals surface area contributed by atoms with E-state index < -0.39 is 0 Å². The number of amides is 1. The second-order valence-electron chi connectivity index (χ2n) is 6.29. The number of aryl methyl sites for hydroxylation is 1. The number of benzene rings is 1. The summed E-state index contributed by atoms with van der Waals surface area (Å²) in [5.41, 5.74) is 1.45. The average molecular weight is 389 g/mol. The van der Waals surface area contributed by atoms with Gasteiger partial charge in [-0.1, -0.05) is 28.9 Å². The molecule has 0 bridgehead atoms. The number of hydrogen-bond acceptors (Lipinski definition) is 6. The molecule has 4 rings (SSSR count). The van der Waals surface area contributed by atoms with Gasteiger partial charge in [0.15, 0.2) is 5.82 Å². The van der Waals surface area contributed by atoms with E-state index in [0.29, 0.717) is 35.5 Å². The summed E-state index contributed by atoms with van der Waals surface area (Å²) in [6.07, 6.45) is 1.64. The molecule has 1 aliphatic heterocycles. The van der Waals surface area contributed by atoms with Gasteiger partial charge < -0.3 is 9.42 Å². The SMILES string of the molecule is Cc1noc(C2CCN(C(=O)c3csc(-c4ccc(Cl)cc4)n3)CC2)n1. The van der Waals surface area contributed by atoms with E-state index in [1.54, 1.807) is 0 Å². The predicted molar refractivity (Wildman–Crippen MR) is 99.5 cm³/mol. The van der Waals surface area contributed by atoms with Crippen LogP contribution < -0.4 is 0 Å². The Bertz CT molecular complexity index is 913. The molecule has 0 spiro atoms. The summed E-state index contributed by atoms with van der Waals surface area (Å²) in [6.45, 7) is 3.14. The van der Waals surface area contributed by atoms with Gasteiger partial charge >= 0.3 is 0 Å². The minimum Gasteiger partial charge on any atom is -0.339 e. The lowest BCUT2D eigenvalue weighted by Gasteiger charge is -2.29. The summed E-state index contributed by atoms with van der Waals surface area (Å²) in [6, 6.07) is 7.47. The van der Waals surface area contributed by atoms with Crippen LogP contribution in [0.2, 0.25) is 5.02 Å². The maximum absolute atomic E-state index is 12.7. The van der Waals surface area contributed by atoms with E-state index in [1.807, 2.05) is 41.5 Å². The van der Waals surface area contributed by atoms with E-state index in [4.69, 9.17) is 16.1 Å². The zero-order valence-corrected chi connectivity index (χ0v) is 15.8. The van der Waals surface area contributed by atoms with Crippen molar-refractivity contribution in [1.82, 2.24) is 20.0 Å². The fourth-order valence-corrected chi connectivity index (χ4v) is 3.99. The average Bonchev–Trinajstić information content (AvgIpc) is 3.31. The minimum absolute atomic E-state index is 0.0263. The number of aromatic nitrogens is 3. The van der Waals surface area contributed by atoms with Crippen LogP contribution in [0.5, 0.6) is 0 Å². The highest BCUT2D eigenvalue weighted by Crippen LogP contribution is 2.29. The number of hydrogen-bond donors (Lipinski definition) is 0. The highest BCUT2D eigenvalue weighted by atomic mass is 35.5. The molecule has 1 fully saturated rings. The Kier molecular flexibility index (Phi) is 4.74. The maximum Gasteiger partial charge on any atom is 0.273 e. The molecule has 0 radical (unpaired) electrons. The van der Waals surface area contributed by atoms with Crippen LogP contribution in [0.1, 0.15) is 41.0 Å². The van der Waals surface area contributed by atoms with Crippen molar-refractivity contribution in [2.75, 3.05) is 13.1 Å². The number of likely N-dealkylation sites (tertiary alicyclic amines) is 1. The number of piperidine rings is 1. The molecule has 1 amide bonds. The number of carbonyl (C=O) groups is 1. The van der Waals surface area contributed by atoms with Crippen molar-refractivity contribution in [1.29, 1.82) is 0 Å². The van der Waals surface area contributed by atoms with Gasteiger partial charge in [0.25, 0.3) is 5.91 Å². The number of rotatable bonds is 3. The van der Waals surface area contributed by atoms with Gasteiger partial charge in [-0.2, -0.15) is 4.98 Å². The smallest absolute Gasteiger partial charge is 0.273 e. The van der Waals surface area contributed by atoms with Crippen LogP contribution in [0.15, 0.2) is 34.2 Å². The summed E-state index contributed by atoms with van der Waals surface area (Å²) in [4.78, 5) is 23.4. The lowest BCUT2D eigenvalue weighted by Crippen LogP contribution is -2.38. The first-order valence-corrected chi connectivity index (χ1v) is 9.67. The van der Waals surface area contributed by atoms with Crippen molar-refractivity contribution < 1.29 is 9.32 Å². The zero-order chi connectivity index (χ0) is 18.1. The Morgan fingerprint density at radius 2 is 1.96 bits per heavy atom. The topological polar surface area (TPSA) is 72.1 Å². The third-order valence-corrected chi connectivity index (χ3v) is 5.63. The van der Waals surface area contributed by atoms with Crippen LogP contribution in [-0.4, -0.2) is 39.0 Å². The molecule has 0 N–H and O–H groups in total. The summed E-state index contributed by atoms with van der Waals surface area (Å²) in [5, 5.41) is 7.17. The van der Waals surface area contributed by atoms with Gasteiger partial charge in [-0.15, -0.1) is 11.3 Å². The van der Waals surface area contributed by atoms with Crippen LogP contribution >= 0.6 is 22.9 Å². The molecule has 26 heavy (non-hydrogen) atoms. The first-order valence-electron chi connectivity index (χ1n) is 8.41. The van der Waals surface area contributed by atoms with E-state index in [2.05, 4.69) is 15.1 Å². The molecule has 3 heterocycles. The Morgan fingerprint density at radius 3 is 2.62 bits per heavy atom. The Labute approximate surface area is 159 Å². The third-order valence-electron chi connectivity index (χ3n) is 4.49. The van der Waals surface area contributed by atoms with Crippen molar-refractivity contribution in [2.45, 2.75) is 25.7 Å². The molecule has 1 aliphatic rings. The second-order valence-corrected chi connectivity index (χ2v) is 7.59. The lowest BCUT2D eigenvalue weighted by atomic mass is 9.96. The molecule has 0 saturated carbocycles. The fourth-order valence-electron chi connectivity index (χ4n) is 3.07. The molecule has 0 atom stereocenters. The van der Waals surface area contributed by atoms with Gasteiger partial charge in [-0.05, 0) is 31.9 Å². The van der Waals surface area contributed by atoms with E-state index in [1.165, 1.54) is 11.3 Å². The second kappa shape index (κ2) is 7.17. The van der Waals surface area contributed by atoms with Gasteiger partial charge in [0.1, 0.15) is 10.7 Å². The summed E-state index contributed by atoms with van der Waals surface area (Å²) >= 11 is 7.39. The van der Waals surface area contributed by atoms with Crippen molar-refractivity contribution >= 4 is 28.8 Å². The fraction of sp³-hybridized carbons (Fsp3) is 0.333. The van der Waals surface area contributed by atoms with Gasteiger partial charge in [0.2, 0.25) is 5.89 Å². The molecular formula is C18H17ClN4O2S. The van der Waals surface area contributed by atoms with Crippen LogP contribution in [0.4, 0.5) is 0 Å². The molecule has 1 saturated heterocycles. The first-order chi connectivity index (χ1) is 12.6. The van der Waals surface area contributed by atoms with E-state index in [-0.39, 0.29) is 11.8 Å². The molecule has 0 unspecified atom stereocenters. The normalized spacial score (nSPS) is 15.4. The quantitative estimate of drug-likeness (QED) is 0.673. The maximum atomic E-state index is 12.7. The molecule has 1 aromatic carbocycles. The number of nitrogens with zero attached hydrogens (tertiary/aromatic N) is 4. The molecule has 8 heteroatoms. The Balaban J connectivity index is 1.42. The largest absolute Gasteiger partial charge is 0.339 e. The Morgan fingerprint density at radius 1 is 1.23 bits per heavy atom. The van der Waals surface area contributed by atoms with Crippen molar-refractivity contribution in [2.24, 2.45) is 0 Å². The molecule has 0 aliphatic carbocycles. The van der Waals surface area contributed by atoms with Crippen molar-refractivity contribution in [3.63, 3.8) is 0 Å². The number of carbonyl (C=O) groups excluding carboxylic acids is 1. The van der Waals surface area contributed by atoms with Crippen LogP contribution in [-0.2, 0) is 0 Å². The lowest BCUT2D eigenvalue weighted by molar-refractivity contribution is 0.0699.